The van der Waals surface area contributed by atoms with Crippen LogP contribution in [-0.2, 0) is 11.3 Å². The molecule has 1 amide bonds. The number of nitrogens with two attached hydrogens (primary N) is 1. The number of carbonyl (C=O) groups is 1. The molecule has 1 fully saturated rings. The molecular weight excluding hydrogens is 216 g/mol. The molecule has 2 rings (SSSR count). The summed E-state index contributed by atoms with van der Waals surface area (Å²) in [4.78, 5) is 17.8. The summed E-state index contributed by atoms with van der Waals surface area (Å²) >= 11 is 0. The molecule has 0 saturated carbocycles. The topological polar surface area (TPSA) is 71.2 Å². The highest BCUT2D eigenvalue weighted by Gasteiger charge is 2.23. The lowest BCUT2D eigenvalue weighted by atomic mass is 10.1. The summed E-state index contributed by atoms with van der Waals surface area (Å²) in [6.45, 7) is 2.68. The average Bonchev–Trinajstić information content (AvgIpc) is 2.30. The third-order valence-electron chi connectivity index (χ3n) is 2.86. The van der Waals surface area contributed by atoms with Crippen molar-refractivity contribution in [3.05, 3.63) is 30.1 Å². The minimum atomic E-state index is 0.0820. The van der Waals surface area contributed by atoms with E-state index in [1.807, 2.05) is 18.3 Å². The van der Waals surface area contributed by atoms with E-state index in [4.69, 9.17) is 5.73 Å². The summed E-state index contributed by atoms with van der Waals surface area (Å²) in [7, 11) is 0. The summed E-state index contributed by atoms with van der Waals surface area (Å²) in [5.74, 6) is 0.0820. The molecule has 1 atom stereocenters. The van der Waals surface area contributed by atoms with Crippen molar-refractivity contribution in [1.29, 1.82) is 0 Å². The molecular formula is C12H18N4O. The van der Waals surface area contributed by atoms with Gasteiger partial charge in [-0.2, -0.15) is 0 Å². The lowest BCUT2D eigenvalue weighted by Crippen LogP contribution is -2.54. The Kier molecular flexibility index (Phi) is 4.06. The van der Waals surface area contributed by atoms with Gasteiger partial charge in [0.05, 0.1) is 6.54 Å². The Morgan fingerprint density at radius 1 is 1.59 bits per heavy atom. The standard InChI is InChI=1S/C12H18N4O/c13-4-3-11-8-16(9-12(17)15-11)7-10-2-1-5-14-6-10/h1-2,5-6,11H,3-4,7-9,13H2,(H,15,17). The number of hydrogen-bond donors (Lipinski definition) is 2. The van der Waals surface area contributed by atoms with Gasteiger partial charge < -0.3 is 11.1 Å². The molecule has 17 heavy (non-hydrogen) atoms. The number of amides is 1. The van der Waals surface area contributed by atoms with Crippen LogP contribution in [0.5, 0.6) is 0 Å². The number of piperazine rings is 1. The Labute approximate surface area is 101 Å². The molecule has 0 aromatic carbocycles. The Morgan fingerprint density at radius 3 is 3.18 bits per heavy atom. The van der Waals surface area contributed by atoms with Crippen LogP contribution in [0.2, 0.25) is 0 Å². The normalized spacial score (nSPS) is 21.2. The number of hydrogen-bond acceptors (Lipinski definition) is 4. The molecule has 3 N–H and O–H groups in total. The van der Waals surface area contributed by atoms with E-state index in [0.717, 1.165) is 25.1 Å². The molecule has 5 heteroatoms. The summed E-state index contributed by atoms with van der Waals surface area (Å²) in [6, 6.07) is 4.12. The van der Waals surface area contributed by atoms with E-state index in [1.54, 1.807) is 6.20 Å². The van der Waals surface area contributed by atoms with Crippen LogP contribution in [0.4, 0.5) is 0 Å². The van der Waals surface area contributed by atoms with Crippen LogP contribution < -0.4 is 11.1 Å². The maximum Gasteiger partial charge on any atom is 0.234 e. The Bertz CT molecular complexity index is 368. The number of nitrogens with zero attached hydrogens (tertiary/aromatic N) is 2. The molecule has 2 heterocycles. The van der Waals surface area contributed by atoms with Gasteiger partial charge in [0.25, 0.3) is 0 Å². The van der Waals surface area contributed by atoms with Gasteiger partial charge in [-0.1, -0.05) is 6.07 Å². The first-order chi connectivity index (χ1) is 8.28. The highest BCUT2D eigenvalue weighted by molar-refractivity contribution is 5.79. The largest absolute Gasteiger partial charge is 0.351 e. The van der Waals surface area contributed by atoms with Gasteiger partial charge in [-0.25, -0.2) is 0 Å². The van der Waals surface area contributed by atoms with Crippen molar-refractivity contribution in [1.82, 2.24) is 15.2 Å². The van der Waals surface area contributed by atoms with Crippen LogP contribution in [-0.4, -0.2) is 41.5 Å². The molecule has 5 nitrogen and oxygen atoms in total. The lowest BCUT2D eigenvalue weighted by Gasteiger charge is -2.32. The zero-order valence-corrected chi connectivity index (χ0v) is 9.80. The van der Waals surface area contributed by atoms with E-state index in [2.05, 4.69) is 15.2 Å². The van der Waals surface area contributed by atoms with E-state index in [0.29, 0.717) is 13.1 Å². The van der Waals surface area contributed by atoms with Gasteiger partial charge in [0.2, 0.25) is 5.91 Å². The number of rotatable bonds is 4. The first kappa shape index (κ1) is 12.0. The van der Waals surface area contributed by atoms with Gasteiger partial charge in [0.15, 0.2) is 0 Å². The minimum absolute atomic E-state index is 0.0820. The van der Waals surface area contributed by atoms with Crippen molar-refractivity contribution in [2.24, 2.45) is 5.73 Å². The van der Waals surface area contributed by atoms with Gasteiger partial charge in [-0.15, -0.1) is 0 Å². The summed E-state index contributed by atoms with van der Waals surface area (Å²) in [5.41, 5.74) is 6.66. The second-order valence-corrected chi connectivity index (χ2v) is 4.37. The van der Waals surface area contributed by atoms with Crippen molar-refractivity contribution >= 4 is 5.91 Å². The van der Waals surface area contributed by atoms with Crippen LogP contribution in [0.3, 0.4) is 0 Å². The van der Waals surface area contributed by atoms with Gasteiger partial charge in [0.1, 0.15) is 0 Å². The summed E-state index contributed by atoms with van der Waals surface area (Å²) < 4.78 is 0. The van der Waals surface area contributed by atoms with Crippen LogP contribution >= 0.6 is 0 Å². The van der Waals surface area contributed by atoms with E-state index in [1.165, 1.54) is 0 Å². The van der Waals surface area contributed by atoms with Gasteiger partial charge in [0, 0.05) is 31.5 Å². The molecule has 1 aromatic heterocycles. The lowest BCUT2D eigenvalue weighted by molar-refractivity contribution is -0.125. The Balaban J connectivity index is 1.94. The van der Waals surface area contributed by atoms with Gasteiger partial charge >= 0.3 is 0 Å². The monoisotopic (exact) mass is 234 g/mol. The van der Waals surface area contributed by atoms with Crippen molar-refractivity contribution in [2.45, 2.75) is 19.0 Å². The fourth-order valence-corrected chi connectivity index (χ4v) is 2.13. The number of aromatic nitrogens is 1. The highest BCUT2D eigenvalue weighted by Crippen LogP contribution is 2.08. The van der Waals surface area contributed by atoms with Crippen LogP contribution in [0.25, 0.3) is 0 Å². The van der Waals surface area contributed by atoms with Crippen LogP contribution in [0.15, 0.2) is 24.5 Å². The van der Waals surface area contributed by atoms with Gasteiger partial charge in [-0.3, -0.25) is 14.7 Å². The van der Waals surface area contributed by atoms with Crippen molar-refractivity contribution < 1.29 is 4.79 Å². The molecule has 0 aliphatic carbocycles. The third kappa shape index (κ3) is 3.51. The summed E-state index contributed by atoms with van der Waals surface area (Å²) in [5, 5.41) is 2.96. The quantitative estimate of drug-likeness (QED) is 0.752. The second kappa shape index (κ2) is 5.75. The zero-order chi connectivity index (χ0) is 12.1. The number of carbonyl (C=O) groups excluding carboxylic acids is 1. The summed E-state index contributed by atoms with van der Waals surface area (Å²) in [6.07, 6.45) is 4.42. The molecule has 1 aromatic rings. The first-order valence-electron chi connectivity index (χ1n) is 5.88. The molecule has 1 aliphatic rings. The maximum absolute atomic E-state index is 11.5. The highest BCUT2D eigenvalue weighted by atomic mass is 16.2. The smallest absolute Gasteiger partial charge is 0.234 e. The first-order valence-corrected chi connectivity index (χ1v) is 5.88. The SMILES string of the molecule is NCCC1CN(Cc2cccnc2)CC(=O)N1. The number of nitrogens with one attached hydrogen (secondary N) is 1. The predicted octanol–water partition coefficient (Wildman–Crippen LogP) is -0.269. The van der Waals surface area contributed by atoms with Crippen molar-refractivity contribution in [3.8, 4) is 0 Å². The maximum atomic E-state index is 11.5. The number of pyridine rings is 1. The molecule has 1 aliphatic heterocycles. The van der Waals surface area contributed by atoms with E-state index in [-0.39, 0.29) is 11.9 Å². The molecule has 0 bridgehead atoms. The van der Waals surface area contributed by atoms with Crippen molar-refractivity contribution in [3.63, 3.8) is 0 Å². The molecule has 92 valence electrons. The molecule has 0 spiro atoms. The minimum Gasteiger partial charge on any atom is -0.351 e. The van der Waals surface area contributed by atoms with Crippen LogP contribution in [0, 0.1) is 0 Å². The van der Waals surface area contributed by atoms with Crippen LogP contribution in [0.1, 0.15) is 12.0 Å². The second-order valence-electron chi connectivity index (χ2n) is 4.37. The fourth-order valence-electron chi connectivity index (χ4n) is 2.13. The zero-order valence-electron chi connectivity index (χ0n) is 9.80. The average molecular weight is 234 g/mol. The molecule has 1 saturated heterocycles. The molecule has 0 radical (unpaired) electrons. The Morgan fingerprint density at radius 2 is 2.47 bits per heavy atom. The van der Waals surface area contributed by atoms with E-state index < -0.39 is 0 Å². The van der Waals surface area contributed by atoms with Gasteiger partial charge in [-0.05, 0) is 24.6 Å². The Hall–Kier alpha value is -1.46. The predicted molar refractivity (Wildman–Crippen MR) is 65.1 cm³/mol. The molecule has 1 unspecified atom stereocenters. The third-order valence-corrected chi connectivity index (χ3v) is 2.86. The van der Waals surface area contributed by atoms with E-state index >= 15 is 0 Å². The fraction of sp³-hybridized carbons (Fsp3) is 0.500. The van der Waals surface area contributed by atoms with E-state index in [9.17, 15) is 4.79 Å². The van der Waals surface area contributed by atoms with Crippen molar-refractivity contribution in [2.75, 3.05) is 19.6 Å².